The first-order chi connectivity index (χ1) is 13.7. The lowest BCUT2D eigenvalue weighted by molar-refractivity contribution is -0.164. The van der Waals surface area contributed by atoms with Crippen molar-refractivity contribution in [3.05, 3.63) is 0 Å². The second-order valence-electron chi connectivity index (χ2n) is 11.1. The quantitative estimate of drug-likeness (QED) is 0.536. The molecule has 166 valence electrons. The highest BCUT2D eigenvalue weighted by atomic mass is 16.6. The summed E-state index contributed by atoms with van der Waals surface area (Å²) >= 11 is 0. The van der Waals surface area contributed by atoms with Crippen molar-refractivity contribution < 1.29 is 19.1 Å². The van der Waals surface area contributed by atoms with Crippen LogP contribution < -0.4 is 0 Å². The molecule has 3 rings (SSSR count). The van der Waals surface area contributed by atoms with Crippen LogP contribution in [0.3, 0.4) is 0 Å². The second kappa shape index (κ2) is 9.39. The van der Waals surface area contributed by atoms with Gasteiger partial charge in [0.05, 0.1) is 11.8 Å². The predicted molar refractivity (Wildman–Crippen MR) is 114 cm³/mol. The maximum absolute atomic E-state index is 12.8. The summed E-state index contributed by atoms with van der Waals surface area (Å²) in [6.45, 7) is 13.4. The van der Waals surface area contributed by atoms with Crippen molar-refractivity contribution in [2.45, 2.75) is 98.7 Å². The van der Waals surface area contributed by atoms with Gasteiger partial charge >= 0.3 is 11.9 Å². The van der Waals surface area contributed by atoms with E-state index in [1.807, 2.05) is 0 Å². The van der Waals surface area contributed by atoms with E-state index in [4.69, 9.17) is 9.47 Å². The van der Waals surface area contributed by atoms with E-state index in [2.05, 4.69) is 41.5 Å². The molecule has 0 N–H and O–H groups in total. The van der Waals surface area contributed by atoms with E-state index < -0.39 is 0 Å². The fourth-order valence-corrected chi connectivity index (χ4v) is 5.69. The average Bonchev–Trinajstić information content (AvgIpc) is 3.42. The molecule has 4 heteroatoms. The highest BCUT2D eigenvalue weighted by Crippen LogP contribution is 2.44. The molecule has 4 nitrogen and oxygen atoms in total. The van der Waals surface area contributed by atoms with Gasteiger partial charge in [0.15, 0.2) is 0 Å². The number of esters is 2. The summed E-state index contributed by atoms with van der Waals surface area (Å²) in [6.07, 6.45) is 7.20. The molecule has 3 aliphatic rings. The molecule has 0 heterocycles. The molecule has 3 aliphatic carbocycles. The Morgan fingerprint density at radius 1 is 0.655 bits per heavy atom. The molecule has 0 aromatic carbocycles. The number of carbonyl (C=O) groups excluding carboxylic acids is 2. The van der Waals surface area contributed by atoms with E-state index in [1.165, 1.54) is 12.8 Å². The smallest absolute Gasteiger partial charge is 0.310 e. The molecule has 0 aliphatic heterocycles. The molecule has 0 amide bonds. The Bertz CT molecular complexity index is 533. The van der Waals surface area contributed by atoms with Gasteiger partial charge in [0.2, 0.25) is 0 Å². The lowest BCUT2D eigenvalue weighted by Crippen LogP contribution is -2.37. The largest absolute Gasteiger partial charge is 0.462 e. The summed E-state index contributed by atoms with van der Waals surface area (Å²) in [5, 5.41) is 0. The molecule has 0 saturated heterocycles. The Hall–Kier alpha value is -1.06. The van der Waals surface area contributed by atoms with Crippen molar-refractivity contribution in [3.63, 3.8) is 0 Å². The van der Waals surface area contributed by atoms with Crippen molar-refractivity contribution in [2.75, 3.05) is 0 Å². The van der Waals surface area contributed by atoms with Crippen molar-refractivity contribution in [1.82, 2.24) is 0 Å². The van der Waals surface area contributed by atoms with Crippen molar-refractivity contribution in [3.8, 4) is 0 Å². The van der Waals surface area contributed by atoms with E-state index in [-0.39, 0.29) is 36.0 Å². The SMILES string of the molecule is CC(C)C1CC[C@H](C)CC1OC(=O)[C@@H]1C[C@H]1C(=O)OC1C[C@@H](C)CCC1C(C)C. The standard InChI is InChI=1S/C25H42O4/c1-14(2)18-9-7-16(5)11-22(18)28-24(26)20-13-21(20)25(27)29-23-12-17(6)8-10-19(23)15(3)4/h14-23H,7-13H2,1-6H3/t16-,17-,18?,19?,20+,21+,22?,23?/m0/s1. The number of rotatable bonds is 6. The van der Waals surface area contributed by atoms with Gasteiger partial charge in [-0.15, -0.1) is 0 Å². The Morgan fingerprint density at radius 2 is 1.03 bits per heavy atom. The number of carbonyl (C=O) groups is 2. The fraction of sp³-hybridized carbons (Fsp3) is 0.920. The summed E-state index contributed by atoms with van der Waals surface area (Å²) in [7, 11) is 0. The summed E-state index contributed by atoms with van der Waals surface area (Å²) < 4.78 is 11.9. The highest BCUT2D eigenvalue weighted by molar-refractivity contribution is 5.87. The van der Waals surface area contributed by atoms with Crippen LogP contribution >= 0.6 is 0 Å². The van der Waals surface area contributed by atoms with Gasteiger partial charge in [-0.25, -0.2) is 0 Å². The van der Waals surface area contributed by atoms with Gasteiger partial charge in [-0.3, -0.25) is 9.59 Å². The minimum absolute atomic E-state index is 0.00744. The molecule has 3 saturated carbocycles. The van der Waals surface area contributed by atoms with E-state index in [9.17, 15) is 9.59 Å². The Morgan fingerprint density at radius 3 is 1.38 bits per heavy atom. The predicted octanol–water partition coefficient (Wildman–Crippen LogP) is 5.63. The molecule has 0 aromatic rings. The Balaban J connectivity index is 1.52. The second-order valence-corrected chi connectivity index (χ2v) is 11.1. The van der Waals surface area contributed by atoms with Crippen LogP contribution in [0.15, 0.2) is 0 Å². The minimum Gasteiger partial charge on any atom is -0.462 e. The van der Waals surface area contributed by atoms with Gasteiger partial charge in [-0.05, 0) is 67.6 Å². The van der Waals surface area contributed by atoms with Gasteiger partial charge in [0, 0.05) is 0 Å². The van der Waals surface area contributed by atoms with Gasteiger partial charge in [-0.2, -0.15) is 0 Å². The van der Waals surface area contributed by atoms with Crippen LogP contribution in [-0.4, -0.2) is 24.1 Å². The molecule has 0 bridgehead atoms. The third-order valence-corrected chi connectivity index (χ3v) is 7.85. The highest BCUT2D eigenvalue weighted by Gasteiger charge is 2.52. The monoisotopic (exact) mass is 406 g/mol. The zero-order chi connectivity index (χ0) is 21.3. The molecular weight excluding hydrogens is 364 g/mol. The molecule has 0 aromatic heterocycles. The number of hydrogen-bond acceptors (Lipinski definition) is 4. The van der Waals surface area contributed by atoms with Crippen LogP contribution in [0, 0.1) is 47.3 Å². The first-order valence-electron chi connectivity index (χ1n) is 12.1. The lowest BCUT2D eigenvalue weighted by Gasteiger charge is -2.37. The zero-order valence-corrected chi connectivity index (χ0v) is 19.4. The minimum atomic E-state index is -0.286. The summed E-state index contributed by atoms with van der Waals surface area (Å²) in [5.41, 5.74) is 0. The van der Waals surface area contributed by atoms with E-state index in [0.717, 1.165) is 25.7 Å². The van der Waals surface area contributed by atoms with Gasteiger partial charge < -0.3 is 9.47 Å². The molecule has 4 unspecified atom stereocenters. The van der Waals surface area contributed by atoms with Crippen molar-refractivity contribution >= 4 is 11.9 Å². The topological polar surface area (TPSA) is 52.6 Å². The molecule has 29 heavy (non-hydrogen) atoms. The third kappa shape index (κ3) is 5.55. The molecule has 3 fully saturated rings. The Labute approximate surface area is 177 Å². The van der Waals surface area contributed by atoms with Gasteiger partial charge in [-0.1, -0.05) is 54.4 Å². The van der Waals surface area contributed by atoms with Crippen LogP contribution in [0.2, 0.25) is 0 Å². The van der Waals surface area contributed by atoms with E-state index >= 15 is 0 Å². The third-order valence-electron chi connectivity index (χ3n) is 7.85. The summed E-state index contributed by atoms with van der Waals surface area (Å²) in [4.78, 5) is 25.5. The average molecular weight is 407 g/mol. The summed E-state index contributed by atoms with van der Waals surface area (Å²) in [5.74, 6) is 2.20. The van der Waals surface area contributed by atoms with Crippen LogP contribution in [-0.2, 0) is 19.1 Å². The van der Waals surface area contributed by atoms with Crippen LogP contribution in [0.1, 0.15) is 86.5 Å². The van der Waals surface area contributed by atoms with Crippen LogP contribution in [0.25, 0.3) is 0 Å². The number of ether oxygens (including phenoxy) is 2. The van der Waals surface area contributed by atoms with Gasteiger partial charge in [0.25, 0.3) is 0 Å². The maximum atomic E-state index is 12.8. The van der Waals surface area contributed by atoms with Crippen molar-refractivity contribution in [2.24, 2.45) is 47.3 Å². The maximum Gasteiger partial charge on any atom is 0.310 e. The normalized spacial score (nSPS) is 40.0. The molecule has 8 atom stereocenters. The zero-order valence-electron chi connectivity index (χ0n) is 19.4. The fourth-order valence-electron chi connectivity index (χ4n) is 5.69. The first-order valence-corrected chi connectivity index (χ1v) is 12.1. The summed E-state index contributed by atoms with van der Waals surface area (Å²) in [6, 6.07) is 0. The lowest BCUT2D eigenvalue weighted by atomic mass is 9.75. The molecule has 0 spiro atoms. The number of hydrogen-bond donors (Lipinski definition) is 0. The van der Waals surface area contributed by atoms with Gasteiger partial charge in [0.1, 0.15) is 12.2 Å². The van der Waals surface area contributed by atoms with E-state index in [0.29, 0.717) is 41.9 Å². The molecular formula is C25H42O4. The Kier molecular flexibility index (Phi) is 7.32. The van der Waals surface area contributed by atoms with Crippen molar-refractivity contribution in [1.29, 1.82) is 0 Å². The molecule has 0 radical (unpaired) electrons. The van der Waals surface area contributed by atoms with Crippen LogP contribution in [0.5, 0.6) is 0 Å². The van der Waals surface area contributed by atoms with Crippen LogP contribution in [0.4, 0.5) is 0 Å². The van der Waals surface area contributed by atoms with E-state index in [1.54, 1.807) is 0 Å². The first kappa shape index (κ1) is 22.6.